The molecule has 2 atom stereocenters. The number of carbonyl (C=O) groups excluding carboxylic acids is 4. The largest absolute Gasteiger partial charge is 0.447 e. The average molecular weight is 352 g/mol. The lowest BCUT2D eigenvalue weighted by atomic mass is 10.2. The number of alkyl halides is 6. The fraction of sp³-hybridized carbons (Fsp3) is 0.636. The fourth-order valence-electron chi connectivity index (χ4n) is 0.876. The second-order valence-corrected chi connectivity index (χ2v) is 4.20. The summed E-state index contributed by atoms with van der Waals surface area (Å²) in [6.07, 6.45) is -16.8. The zero-order valence-electron chi connectivity index (χ0n) is 11.6. The minimum absolute atomic E-state index is 0.409. The van der Waals surface area contributed by atoms with Gasteiger partial charge in [0.1, 0.15) is 0 Å². The summed E-state index contributed by atoms with van der Waals surface area (Å²) in [5.74, 6) is -7.77. The molecule has 0 aliphatic carbocycles. The molecule has 0 aliphatic rings. The van der Waals surface area contributed by atoms with Crippen molar-refractivity contribution in [1.29, 1.82) is 0 Å². The normalized spacial score (nSPS) is 14.6. The Morgan fingerprint density at radius 3 is 1.22 bits per heavy atom. The molecule has 2 unspecified atom stereocenters. The van der Waals surface area contributed by atoms with Gasteiger partial charge < -0.3 is 9.47 Å². The summed E-state index contributed by atoms with van der Waals surface area (Å²) in [6, 6.07) is 0. The molecule has 0 saturated heterocycles. The number of ketones is 2. The summed E-state index contributed by atoms with van der Waals surface area (Å²) in [6.45, 7) is 0.818. The second kappa shape index (κ2) is 7.42. The van der Waals surface area contributed by atoms with Crippen LogP contribution in [0.15, 0.2) is 0 Å². The third-order valence-electron chi connectivity index (χ3n) is 2.27. The number of ether oxygens (including phenoxy) is 2. The Morgan fingerprint density at radius 1 is 0.739 bits per heavy atom. The molecule has 12 heteroatoms. The van der Waals surface area contributed by atoms with Gasteiger partial charge in [-0.3, -0.25) is 9.59 Å². The molecule has 0 aromatic rings. The topological polar surface area (TPSA) is 86.7 Å². The third-order valence-corrected chi connectivity index (χ3v) is 2.27. The van der Waals surface area contributed by atoms with Crippen LogP contribution in [0.5, 0.6) is 0 Å². The zero-order valence-corrected chi connectivity index (χ0v) is 11.6. The van der Waals surface area contributed by atoms with Crippen molar-refractivity contribution in [2.45, 2.75) is 44.8 Å². The molecule has 23 heavy (non-hydrogen) atoms. The van der Waals surface area contributed by atoms with Gasteiger partial charge in [0.05, 0.1) is 6.42 Å². The van der Waals surface area contributed by atoms with E-state index in [-0.39, 0.29) is 0 Å². The van der Waals surface area contributed by atoms with E-state index in [1.165, 1.54) is 0 Å². The molecule has 0 radical (unpaired) electrons. The summed E-state index contributed by atoms with van der Waals surface area (Å²) in [5, 5.41) is 0. The molecule has 0 saturated carbocycles. The SMILES string of the molecule is CC(OC(=O)C(=O)CC(=O)C(=O)OC(C)C(F)(F)F)C(F)(F)F. The quantitative estimate of drug-likeness (QED) is 0.312. The molecular formula is C11H10F6O6. The van der Waals surface area contributed by atoms with Crippen LogP contribution in [0.3, 0.4) is 0 Å². The molecule has 0 rings (SSSR count). The number of hydrogen-bond donors (Lipinski definition) is 0. The maximum Gasteiger partial charge on any atom is 0.425 e. The van der Waals surface area contributed by atoms with Crippen LogP contribution in [-0.2, 0) is 28.7 Å². The highest BCUT2D eigenvalue weighted by atomic mass is 19.4. The summed E-state index contributed by atoms with van der Waals surface area (Å²) >= 11 is 0. The predicted molar refractivity (Wildman–Crippen MR) is 57.8 cm³/mol. The Kier molecular flexibility index (Phi) is 6.73. The third kappa shape index (κ3) is 7.10. The molecule has 0 aromatic carbocycles. The molecule has 0 spiro atoms. The van der Waals surface area contributed by atoms with E-state index in [0.717, 1.165) is 0 Å². The maximum absolute atomic E-state index is 12.1. The highest BCUT2D eigenvalue weighted by Gasteiger charge is 2.42. The smallest absolute Gasteiger partial charge is 0.425 e. The van der Waals surface area contributed by atoms with Gasteiger partial charge in [0.2, 0.25) is 11.6 Å². The van der Waals surface area contributed by atoms with E-state index in [1.807, 2.05) is 0 Å². The van der Waals surface area contributed by atoms with Crippen LogP contribution in [0.4, 0.5) is 26.3 Å². The van der Waals surface area contributed by atoms with Crippen molar-refractivity contribution in [3.8, 4) is 0 Å². The van der Waals surface area contributed by atoms with Crippen LogP contribution in [0.1, 0.15) is 20.3 Å². The molecule has 0 bridgehead atoms. The van der Waals surface area contributed by atoms with E-state index in [9.17, 15) is 45.5 Å². The van der Waals surface area contributed by atoms with Gasteiger partial charge in [-0.05, 0) is 13.8 Å². The molecule has 0 amide bonds. The van der Waals surface area contributed by atoms with Gasteiger partial charge in [0.15, 0.2) is 12.2 Å². The van der Waals surface area contributed by atoms with Gasteiger partial charge in [-0.15, -0.1) is 0 Å². The van der Waals surface area contributed by atoms with Crippen molar-refractivity contribution >= 4 is 23.5 Å². The Balaban J connectivity index is 4.58. The lowest BCUT2D eigenvalue weighted by molar-refractivity contribution is -0.216. The van der Waals surface area contributed by atoms with Crippen LogP contribution in [0.25, 0.3) is 0 Å². The van der Waals surface area contributed by atoms with Crippen molar-refractivity contribution < 1.29 is 55.0 Å². The second-order valence-electron chi connectivity index (χ2n) is 4.20. The van der Waals surface area contributed by atoms with E-state index >= 15 is 0 Å². The Hall–Kier alpha value is -2.14. The Bertz CT molecular complexity index is 450. The van der Waals surface area contributed by atoms with Crippen molar-refractivity contribution in [1.82, 2.24) is 0 Å². The number of halogens is 6. The number of hydrogen-bond acceptors (Lipinski definition) is 6. The van der Waals surface area contributed by atoms with E-state index in [2.05, 4.69) is 9.47 Å². The number of carbonyl (C=O) groups is 4. The standard InChI is InChI=1S/C11H10F6O6/c1-4(10(12,13)14)22-8(20)6(18)3-7(19)9(21)23-5(2)11(15,16)17/h4-5H,3H2,1-2H3. The number of esters is 2. The van der Waals surface area contributed by atoms with Crippen LogP contribution in [0, 0.1) is 0 Å². The van der Waals surface area contributed by atoms with E-state index < -0.39 is 54.5 Å². The highest BCUT2D eigenvalue weighted by molar-refractivity contribution is 6.45. The molecule has 0 N–H and O–H groups in total. The zero-order chi connectivity index (χ0) is 18.6. The first kappa shape index (κ1) is 20.9. The lowest BCUT2D eigenvalue weighted by Crippen LogP contribution is -2.36. The van der Waals surface area contributed by atoms with Crippen LogP contribution < -0.4 is 0 Å². The van der Waals surface area contributed by atoms with Gasteiger partial charge in [0.25, 0.3) is 0 Å². The van der Waals surface area contributed by atoms with E-state index in [0.29, 0.717) is 13.8 Å². The highest BCUT2D eigenvalue weighted by Crippen LogP contribution is 2.23. The van der Waals surface area contributed by atoms with Crippen molar-refractivity contribution in [2.24, 2.45) is 0 Å². The molecule has 0 heterocycles. The molecular weight excluding hydrogens is 342 g/mol. The first-order valence-corrected chi connectivity index (χ1v) is 5.77. The number of Topliss-reactive ketones (excluding diaryl/α,β-unsaturated/α-hetero) is 2. The van der Waals surface area contributed by atoms with Crippen LogP contribution in [0.2, 0.25) is 0 Å². The van der Waals surface area contributed by atoms with Gasteiger partial charge >= 0.3 is 24.3 Å². The summed E-state index contributed by atoms with van der Waals surface area (Å²) in [4.78, 5) is 44.2. The van der Waals surface area contributed by atoms with E-state index in [4.69, 9.17) is 0 Å². The van der Waals surface area contributed by atoms with E-state index in [1.54, 1.807) is 0 Å². The van der Waals surface area contributed by atoms with Crippen molar-refractivity contribution in [3.05, 3.63) is 0 Å². The summed E-state index contributed by atoms with van der Waals surface area (Å²) in [5.41, 5.74) is 0. The molecule has 0 aromatic heterocycles. The first-order chi connectivity index (χ1) is 10.2. The van der Waals surface area contributed by atoms with Gasteiger partial charge in [-0.25, -0.2) is 9.59 Å². The monoisotopic (exact) mass is 352 g/mol. The molecule has 132 valence electrons. The Labute approximate surface area is 124 Å². The van der Waals surface area contributed by atoms with Gasteiger partial charge in [-0.1, -0.05) is 0 Å². The maximum atomic E-state index is 12.1. The summed E-state index contributed by atoms with van der Waals surface area (Å²) in [7, 11) is 0. The van der Waals surface area contributed by atoms with Crippen LogP contribution in [-0.4, -0.2) is 48.1 Å². The minimum Gasteiger partial charge on any atom is -0.447 e. The summed E-state index contributed by atoms with van der Waals surface area (Å²) < 4.78 is 79.9. The Morgan fingerprint density at radius 2 is 1.00 bits per heavy atom. The van der Waals surface area contributed by atoms with Gasteiger partial charge in [0, 0.05) is 0 Å². The minimum atomic E-state index is -4.96. The van der Waals surface area contributed by atoms with Gasteiger partial charge in [-0.2, -0.15) is 26.3 Å². The van der Waals surface area contributed by atoms with Crippen molar-refractivity contribution in [2.75, 3.05) is 0 Å². The fourth-order valence-corrected chi connectivity index (χ4v) is 0.876. The van der Waals surface area contributed by atoms with Crippen LogP contribution >= 0.6 is 0 Å². The van der Waals surface area contributed by atoms with Crippen molar-refractivity contribution in [3.63, 3.8) is 0 Å². The molecule has 6 nitrogen and oxygen atoms in total. The molecule has 0 fully saturated rings. The average Bonchev–Trinajstić information content (AvgIpc) is 2.35. The number of rotatable bonds is 6. The first-order valence-electron chi connectivity index (χ1n) is 5.77. The molecule has 0 aliphatic heterocycles. The lowest BCUT2D eigenvalue weighted by Gasteiger charge is -2.16. The predicted octanol–water partition coefficient (Wildman–Crippen LogP) is 1.50.